The van der Waals surface area contributed by atoms with Gasteiger partial charge in [0, 0.05) is 17.3 Å². The summed E-state index contributed by atoms with van der Waals surface area (Å²) >= 11 is 0. The Kier molecular flexibility index (Phi) is 4.79. The Morgan fingerprint density at radius 2 is 1.79 bits per heavy atom. The molecule has 0 aliphatic carbocycles. The topological polar surface area (TPSA) is 23.5 Å². The van der Waals surface area contributed by atoms with E-state index < -0.39 is 30.7 Å². The van der Waals surface area contributed by atoms with Gasteiger partial charge < -0.3 is 10.0 Å². The lowest BCUT2D eigenvalue weighted by atomic mass is 10.1. The van der Waals surface area contributed by atoms with Gasteiger partial charge in [-0.2, -0.15) is 13.2 Å². The molecule has 108 valence electrons. The lowest BCUT2D eigenvalue weighted by Crippen LogP contribution is -2.39. The van der Waals surface area contributed by atoms with Crippen LogP contribution in [0.25, 0.3) is 0 Å². The highest BCUT2D eigenvalue weighted by molar-refractivity contribution is 5.55. The van der Waals surface area contributed by atoms with Crippen molar-refractivity contribution in [3.05, 3.63) is 29.6 Å². The predicted octanol–water partition coefficient (Wildman–Crippen LogP) is 3.66. The molecule has 1 rings (SSSR count). The van der Waals surface area contributed by atoms with Crippen molar-refractivity contribution < 1.29 is 22.7 Å². The maximum Gasteiger partial charge on any atom is 0.405 e. The van der Waals surface area contributed by atoms with Crippen LogP contribution in [0, 0.1) is 5.82 Å². The predicted molar refractivity (Wildman–Crippen MR) is 65.6 cm³/mol. The minimum Gasteiger partial charge on any atom is -0.389 e. The number of rotatable bonds is 4. The number of benzene rings is 1. The second-order valence-electron chi connectivity index (χ2n) is 4.72. The molecule has 0 heterocycles. The van der Waals surface area contributed by atoms with Gasteiger partial charge in [-0.05, 0) is 39.0 Å². The monoisotopic (exact) mass is 279 g/mol. The Hall–Kier alpha value is -1.30. The fourth-order valence-corrected chi connectivity index (χ4v) is 1.86. The molecule has 0 aliphatic rings. The summed E-state index contributed by atoms with van der Waals surface area (Å²) in [6.07, 6.45) is -5.41. The van der Waals surface area contributed by atoms with Crippen molar-refractivity contribution in [2.24, 2.45) is 0 Å². The Morgan fingerprint density at radius 3 is 2.21 bits per heavy atom. The molecule has 0 aliphatic heterocycles. The molecule has 0 fully saturated rings. The Balaban J connectivity index is 3.23. The van der Waals surface area contributed by atoms with Gasteiger partial charge in [-0.15, -0.1) is 0 Å². The molecule has 6 heteroatoms. The average Bonchev–Trinajstić information content (AvgIpc) is 2.24. The minimum absolute atomic E-state index is 0.151. The van der Waals surface area contributed by atoms with Crippen LogP contribution >= 0.6 is 0 Å². The molecule has 0 saturated carbocycles. The van der Waals surface area contributed by atoms with E-state index in [2.05, 4.69) is 0 Å². The Labute approximate surface area is 109 Å². The summed E-state index contributed by atoms with van der Waals surface area (Å²) in [6.45, 7) is 3.47. The fraction of sp³-hybridized carbons (Fsp3) is 0.538. The second-order valence-corrected chi connectivity index (χ2v) is 4.72. The van der Waals surface area contributed by atoms with Crippen LogP contribution < -0.4 is 4.90 Å². The summed E-state index contributed by atoms with van der Waals surface area (Å²) in [6, 6.07) is 2.99. The molecule has 1 atom stereocenters. The van der Waals surface area contributed by atoms with E-state index in [0.29, 0.717) is 0 Å². The first-order valence-electron chi connectivity index (χ1n) is 5.92. The molecular formula is C13H17F4NO. The van der Waals surface area contributed by atoms with Gasteiger partial charge in [-0.25, -0.2) is 4.39 Å². The van der Waals surface area contributed by atoms with Crippen LogP contribution in [0.15, 0.2) is 18.2 Å². The van der Waals surface area contributed by atoms with Crippen LogP contribution in [0.3, 0.4) is 0 Å². The summed E-state index contributed by atoms with van der Waals surface area (Å²) < 4.78 is 50.9. The van der Waals surface area contributed by atoms with Gasteiger partial charge in [0.15, 0.2) is 0 Å². The van der Waals surface area contributed by atoms with E-state index in [0.717, 1.165) is 17.0 Å². The van der Waals surface area contributed by atoms with Crippen molar-refractivity contribution in [3.8, 4) is 0 Å². The smallest absolute Gasteiger partial charge is 0.389 e. The van der Waals surface area contributed by atoms with Crippen molar-refractivity contribution >= 4 is 5.69 Å². The molecule has 0 amide bonds. The number of anilines is 1. The number of halogens is 4. The summed E-state index contributed by atoms with van der Waals surface area (Å²) in [4.78, 5) is 1.10. The Morgan fingerprint density at radius 1 is 1.21 bits per heavy atom. The van der Waals surface area contributed by atoms with Gasteiger partial charge in [-0.1, -0.05) is 0 Å². The molecular weight excluding hydrogens is 262 g/mol. The largest absolute Gasteiger partial charge is 0.405 e. The zero-order chi connectivity index (χ0) is 14.8. The maximum atomic E-state index is 13.2. The van der Waals surface area contributed by atoms with Gasteiger partial charge in [0.1, 0.15) is 12.4 Å². The first-order chi connectivity index (χ1) is 8.61. The third-order valence-electron chi connectivity index (χ3n) is 2.72. The normalized spacial score (nSPS) is 13.7. The third-order valence-corrected chi connectivity index (χ3v) is 2.72. The number of aliphatic hydroxyl groups is 1. The molecule has 0 radical (unpaired) electrons. The molecule has 0 bridgehead atoms. The molecule has 0 aromatic heterocycles. The summed E-state index contributed by atoms with van der Waals surface area (Å²) in [5.41, 5.74) is 0.349. The van der Waals surface area contributed by atoms with E-state index in [-0.39, 0.29) is 11.3 Å². The highest BCUT2D eigenvalue weighted by atomic mass is 19.4. The van der Waals surface area contributed by atoms with Gasteiger partial charge in [0.05, 0.1) is 6.10 Å². The van der Waals surface area contributed by atoms with Crippen molar-refractivity contribution in [1.29, 1.82) is 0 Å². The zero-order valence-electron chi connectivity index (χ0n) is 11.0. The van der Waals surface area contributed by atoms with Crippen LogP contribution in [0.1, 0.15) is 32.4 Å². The lowest BCUT2D eigenvalue weighted by Gasteiger charge is -2.32. The summed E-state index contributed by atoms with van der Waals surface area (Å²) in [5, 5.41) is 9.58. The molecule has 1 unspecified atom stereocenters. The minimum atomic E-state index is -4.37. The standard InChI is InChI=1S/C13H17F4NO/c1-8(2)18(7-13(15,16)17)12-5-4-10(14)6-11(12)9(3)19/h4-6,8-9,19H,7H2,1-3H3. The number of hydrogen-bond donors (Lipinski definition) is 1. The third kappa shape index (κ3) is 4.38. The summed E-state index contributed by atoms with van der Waals surface area (Å²) in [7, 11) is 0. The maximum absolute atomic E-state index is 13.2. The molecule has 0 spiro atoms. The van der Waals surface area contributed by atoms with E-state index in [1.807, 2.05) is 0 Å². The van der Waals surface area contributed by atoms with Crippen molar-refractivity contribution in [2.75, 3.05) is 11.4 Å². The first kappa shape index (κ1) is 15.8. The SMILES string of the molecule is CC(O)c1cc(F)ccc1N(CC(F)(F)F)C(C)C. The van der Waals surface area contributed by atoms with E-state index in [1.165, 1.54) is 13.0 Å². The number of alkyl halides is 3. The van der Waals surface area contributed by atoms with Crippen LogP contribution in [0.5, 0.6) is 0 Å². The van der Waals surface area contributed by atoms with Crippen molar-refractivity contribution in [3.63, 3.8) is 0 Å². The van der Waals surface area contributed by atoms with E-state index in [9.17, 15) is 22.7 Å². The quantitative estimate of drug-likeness (QED) is 0.850. The van der Waals surface area contributed by atoms with Crippen molar-refractivity contribution in [1.82, 2.24) is 0 Å². The van der Waals surface area contributed by atoms with Crippen molar-refractivity contribution in [2.45, 2.75) is 39.1 Å². The van der Waals surface area contributed by atoms with Crippen LogP contribution in [-0.4, -0.2) is 23.9 Å². The molecule has 19 heavy (non-hydrogen) atoms. The molecule has 2 nitrogen and oxygen atoms in total. The second kappa shape index (κ2) is 5.77. The molecule has 0 saturated heterocycles. The summed E-state index contributed by atoms with van der Waals surface area (Å²) in [5.74, 6) is -0.588. The van der Waals surface area contributed by atoms with E-state index in [1.54, 1.807) is 13.8 Å². The van der Waals surface area contributed by atoms with Crippen LogP contribution in [0.2, 0.25) is 0 Å². The van der Waals surface area contributed by atoms with Gasteiger partial charge >= 0.3 is 6.18 Å². The number of hydrogen-bond acceptors (Lipinski definition) is 2. The first-order valence-corrected chi connectivity index (χ1v) is 5.92. The van der Waals surface area contributed by atoms with E-state index in [4.69, 9.17) is 0 Å². The zero-order valence-corrected chi connectivity index (χ0v) is 11.0. The number of aliphatic hydroxyl groups excluding tert-OH is 1. The highest BCUT2D eigenvalue weighted by Crippen LogP contribution is 2.31. The number of nitrogens with zero attached hydrogens (tertiary/aromatic N) is 1. The Bertz CT molecular complexity index is 429. The lowest BCUT2D eigenvalue weighted by molar-refractivity contribution is -0.120. The van der Waals surface area contributed by atoms with E-state index >= 15 is 0 Å². The molecule has 1 aromatic carbocycles. The highest BCUT2D eigenvalue weighted by Gasteiger charge is 2.33. The average molecular weight is 279 g/mol. The van der Waals surface area contributed by atoms with Gasteiger partial charge in [-0.3, -0.25) is 0 Å². The fourth-order valence-electron chi connectivity index (χ4n) is 1.86. The van der Waals surface area contributed by atoms with Gasteiger partial charge in [0.25, 0.3) is 0 Å². The molecule has 1 N–H and O–H groups in total. The van der Waals surface area contributed by atoms with Crippen LogP contribution in [0.4, 0.5) is 23.2 Å². The molecule has 1 aromatic rings. The van der Waals surface area contributed by atoms with Gasteiger partial charge in [0.2, 0.25) is 0 Å². The van der Waals surface area contributed by atoms with Crippen LogP contribution in [-0.2, 0) is 0 Å².